The first-order chi connectivity index (χ1) is 13.5. The number of aromatic nitrogens is 2. The predicted octanol–water partition coefficient (Wildman–Crippen LogP) is 4.74. The smallest absolute Gasteiger partial charge is 0.255 e. The second-order valence-corrected chi connectivity index (χ2v) is 7.90. The molecule has 140 valence electrons. The lowest BCUT2D eigenvalue weighted by Gasteiger charge is -2.17. The van der Waals surface area contributed by atoms with Crippen molar-refractivity contribution in [2.75, 3.05) is 0 Å². The van der Waals surface area contributed by atoms with Crippen LogP contribution in [0, 0.1) is 11.6 Å². The highest BCUT2D eigenvalue weighted by atomic mass is 32.1. The first-order valence-electron chi connectivity index (χ1n) is 8.76. The lowest BCUT2D eigenvalue weighted by Crippen LogP contribution is -2.24. The van der Waals surface area contributed by atoms with Crippen molar-refractivity contribution in [2.45, 2.75) is 13.1 Å². The molecule has 5 rings (SSSR count). The van der Waals surface area contributed by atoms with Crippen LogP contribution in [0.15, 0.2) is 48.1 Å². The molecule has 1 amide bonds. The van der Waals surface area contributed by atoms with E-state index in [0.29, 0.717) is 23.2 Å². The Morgan fingerprint density at radius 2 is 1.89 bits per heavy atom. The van der Waals surface area contributed by atoms with E-state index < -0.39 is 11.6 Å². The van der Waals surface area contributed by atoms with E-state index in [0.717, 1.165) is 15.9 Å². The summed E-state index contributed by atoms with van der Waals surface area (Å²) >= 11 is 1.48. The molecule has 4 aromatic rings. The van der Waals surface area contributed by atoms with E-state index in [2.05, 4.69) is 4.98 Å². The number of thiophene rings is 1. The molecule has 4 nitrogen and oxygen atoms in total. The molecule has 0 saturated heterocycles. The van der Waals surface area contributed by atoms with Gasteiger partial charge in [0.15, 0.2) is 0 Å². The molecule has 7 heteroatoms. The predicted molar refractivity (Wildman–Crippen MR) is 104 cm³/mol. The van der Waals surface area contributed by atoms with Crippen LogP contribution in [-0.2, 0) is 20.1 Å². The lowest BCUT2D eigenvalue weighted by atomic mass is 10.0. The van der Waals surface area contributed by atoms with Crippen molar-refractivity contribution in [1.82, 2.24) is 14.5 Å². The maximum atomic E-state index is 14.8. The van der Waals surface area contributed by atoms with Crippen LogP contribution in [-0.4, -0.2) is 20.4 Å². The fourth-order valence-corrected chi connectivity index (χ4v) is 4.50. The second-order valence-electron chi connectivity index (χ2n) is 6.90. The van der Waals surface area contributed by atoms with Crippen molar-refractivity contribution in [1.29, 1.82) is 0 Å². The van der Waals surface area contributed by atoms with Gasteiger partial charge in [-0.3, -0.25) is 4.79 Å². The molecule has 0 bridgehead atoms. The zero-order valence-corrected chi connectivity index (χ0v) is 15.8. The Balaban J connectivity index is 1.47. The normalized spacial score (nSPS) is 13.5. The minimum Gasteiger partial charge on any atom is -0.334 e. The van der Waals surface area contributed by atoms with Crippen LogP contribution >= 0.6 is 11.3 Å². The van der Waals surface area contributed by atoms with Crippen molar-refractivity contribution in [3.8, 4) is 11.1 Å². The van der Waals surface area contributed by atoms with Gasteiger partial charge < -0.3 is 9.47 Å². The first kappa shape index (κ1) is 17.1. The van der Waals surface area contributed by atoms with Gasteiger partial charge in [0.05, 0.1) is 36.0 Å². The highest BCUT2D eigenvalue weighted by Crippen LogP contribution is 2.31. The van der Waals surface area contributed by atoms with Crippen molar-refractivity contribution in [3.05, 3.63) is 75.7 Å². The fraction of sp³-hybridized carbons (Fsp3) is 0.143. The average Bonchev–Trinajstić information content (AvgIpc) is 3.36. The van der Waals surface area contributed by atoms with Gasteiger partial charge >= 0.3 is 0 Å². The molecule has 0 spiro atoms. The standard InChI is InChI=1S/C21H15F2N3OS/c1-25-11-24-18-3-2-12(8-19(18)25)13-6-16(22)15(17(23)7-13)9-26-10-20-14(21(26)27)4-5-28-20/h2-8,11H,9-10H2,1H3. The molecule has 0 N–H and O–H groups in total. The Morgan fingerprint density at radius 1 is 1.11 bits per heavy atom. The molecule has 1 aliphatic heterocycles. The minimum atomic E-state index is -0.650. The number of halogens is 2. The van der Waals surface area contributed by atoms with Crippen LogP contribution in [0.25, 0.3) is 22.2 Å². The first-order valence-corrected chi connectivity index (χ1v) is 9.64. The molecule has 1 aliphatic rings. The van der Waals surface area contributed by atoms with E-state index in [1.54, 1.807) is 18.5 Å². The van der Waals surface area contributed by atoms with E-state index in [1.165, 1.54) is 28.4 Å². The van der Waals surface area contributed by atoms with Gasteiger partial charge in [-0.05, 0) is 46.8 Å². The van der Waals surface area contributed by atoms with Crippen molar-refractivity contribution in [3.63, 3.8) is 0 Å². The van der Waals surface area contributed by atoms with Gasteiger partial charge in [-0.2, -0.15) is 0 Å². The number of carbonyl (C=O) groups excluding carboxylic acids is 1. The maximum Gasteiger partial charge on any atom is 0.255 e. The topological polar surface area (TPSA) is 38.1 Å². The third-order valence-electron chi connectivity index (χ3n) is 5.15. The number of amides is 1. The molecule has 0 atom stereocenters. The zero-order chi connectivity index (χ0) is 19.4. The summed E-state index contributed by atoms with van der Waals surface area (Å²) in [6.07, 6.45) is 1.70. The number of imidazole rings is 1. The molecule has 0 unspecified atom stereocenters. The average molecular weight is 395 g/mol. The van der Waals surface area contributed by atoms with Crippen molar-refractivity contribution in [2.24, 2.45) is 7.05 Å². The van der Waals surface area contributed by atoms with Crippen LogP contribution in [0.1, 0.15) is 20.8 Å². The van der Waals surface area contributed by atoms with Crippen molar-refractivity contribution >= 4 is 28.3 Å². The number of hydrogen-bond acceptors (Lipinski definition) is 3. The van der Waals surface area contributed by atoms with E-state index >= 15 is 0 Å². The molecule has 0 fully saturated rings. The molecule has 2 aromatic heterocycles. The maximum absolute atomic E-state index is 14.8. The molecule has 0 radical (unpaired) electrons. The summed E-state index contributed by atoms with van der Waals surface area (Å²) in [6.45, 7) is 0.308. The van der Waals surface area contributed by atoms with Gasteiger partial charge in [0.2, 0.25) is 0 Å². The highest BCUT2D eigenvalue weighted by Gasteiger charge is 2.29. The fourth-order valence-electron chi connectivity index (χ4n) is 3.61. The zero-order valence-electron chi connectivity index (χ0n) is 14.9. The number of aryl methyl sites for hydroxylation is 1. The third kappa shape index (κ3) is 2.62. The van der Waals surface area contributed by atoms with Gasteiger partial charge in [0.1, 0.15) is 11.6 Å². The van der Waals surface area contributed by atoms with Crippen LogP contribution in [0.3, 0.4) is 0 Å². The second kappa shape index (κ2) is 6.24. The number of carbonyl (C=O) groups is 1. The Kier molecular flexibility index (Phi) is 3.80. The van der Waals surface area contributed by atoms with Gasteiger partial charge in [0, 0.05) is 17.5 Å². The Morgan fingerprint density at radius 3 is 2.64 bits per heavy atom. The van der Waals surface area contributed by atoms with Gasteiger partial charge in [-0.25, -0.2) is 13.8 Å². The van der Waals surface area contributed by atoms with E-state index in [4.69, 9.17) is 0 Å². The summed E-state index contributed by atoms with van der Waals surface area (Å²) < 4.78 is 31.4. The summed E-state index contributed by atoms with van der Waals surface area (Å²) in [5, 5.41) is 1.86. The molecule has 0 saturated carbocycles. The summed E-state index contributed by atoms with van der Waals surface area (Å²) in [6, 6.07) is 9.89. The largest absolute Gasteiger partial charge is 0.334 e. The Bertz CT molecular complexity index is 1220. The molecule has 3 heterocycles. The number of nitrogens with zero attached hydrogens (tertiary/aromatic N) is 3. The van der Waals surface area contributed by atoms with Crippen LogP contribution in [0.2, 0.25) is 0 Å². The summed E-state index contributed by atoms with van der Waals surface area (Å²) in [7, 11) is 1.87. The van der Waals surface area contributed by atoms with Crippen molar-refractivity contribution < 1.29 is 13.6 Å². The van der Waals surface area contributed by atoms with Crippen LogP contribution in [0.5, 0.6) is 0 Å². The van der Waals surface area contributed by atoms with E-state index in [9.17, 15) is 13.6 Å². The Labute approximate surface area is 163 Å². The molecular weight excluding hydrogens is 380 g/mol. The Hall–Kier alpha value is -3.06. The number of benzene rings is 2. The number of hydrogen-bond donors (Lipinski definition) is 0. The SMILES string of the molecule is Cn1cnc2ccc(-c3cc(F)c(CN4Cc5sccc5C4=O)c(F)c3)cc21. The van der Waals surface area contributed by atoms with E-state index in [-0.39, 0.29) is 18.0 Å². The van der Waals surface area contributed by atoms with Gasteiger partial charge in [0.25, 0.3) is 5.91 Å². The van der Waals surface area contributed by atoms with Crippen LogP contribution in [0.4, 0.5) is 8.78 Å². The molecular formula is C21H15F2N3OS. The summed E-state index contributed by atoms with van der Waals surface area (Å²) in [5.74, 6) is -1.48. The lowest BCUT2D eigenvalue weighted by molar-refractivity contribution is 0.0764. The number of fused-ring (bicyclic) bond motifs is 2. The summed E-state index contributed by atoms with van der Waals surface area (Å²) in [4.78, 5) is 19.1. The van der Waals surface area contributed by atoms with Gasteiger partial charge in [-0.15, -0.1) is 11.3 Å². The third-order valence-corrected chi connectivity index (χ3v) is 6.05. The van der Waals surface area contributed by atoms with Crippen LogP contribution < -0.4 is 0 Å². The quantitative estimate of drug-likeness (QED) is 0.503. The number of rotatable bonds is 3. The van der Waals surface area contributed by atoms with E-state index in [1.807, 2.05) is 29.1 Å². The monoisotopic (exact) mass is 395 g/mol. The van der Waals surface area contributed by atoms with Gasteiger partial charge in [-0.1, -0.05) is 6.07 Å². The molecule has 28 heavy (non-hydrogen) atoms. The molecule has 0 aliphatic carbocycles. The summed E-state index contributed by atoms with van der Waals surface area (Å²) in [5.41, 5.74) is 3.41. The highest BCUT2D eigenvalue weighted by molar-refractivity contribution is 7.10. The molecule has 2 aromatic carbocycles. The minimum absolute atomic E-state index is 0.0844.